The Balaban J connectivity index is 3.39. The summed E-state index contributed by atoms with van der Waals surface area (Å²) < 4.78 is 30.3. The van der Waals surface area contributed by atoms with Gasteiger partial charge < -0.3 is 10.8 Å². The second-order valence-electron chi connectivity index (χ2n) is 3.09. The molecule has 0 bridgehead atoms. The van der Waals surface area contributed by atoms with E-state index in [2.05, 4.69) is 0 Å². The Kier molecular flexibility index (Phi) is 2.39. The lowest BCUT2D eigenvalue weighted by atomic mass is 9.99. The van der Waals surface area contributed by atoms with Gasteiger partial charge in [0.2, 0.25) is 0 Å². The molecule has 0 aliphatic carbocycles. The van der Waals surface area contributed by atoms with Crippen LogP contribution >= 0.6 is 11.6 Å². The van der Waals surface area contributed by atoms with Crippen molar-refractivity contribution in [3.63, 3.8) is 0 Å². The van der Waals surface area contributed by atoms with Gasteiger partial charge in [-0.25, -0.2) is 0 Å². The smallest absolute Gasteiger partial charge is 0.306 e. The van der Waals surface area contributed by atoms with Crippen LogP contribution in [-0.2, 0) is 4.79 Å². The molecule has 0 radical (unpaired) electrons. The van der Waals surface area contributed by atoms with Crippen LogP contribution in [0.25, 0.3) is 0 Å². The highest BCUT2D eigenvalue weighted by Crippen LogP contribution is 2.20. The van der Waals surface area contributed by atoms with Crippen LogP contribution in [0.1, 0.15) is 29.1 Å². The zero-order valence-electron chi connectivity index (χ0n) is 12.4. The predicted molar refractivity (Wildman–Crippen MR) is 61.6 cm³/mol. The number of rotatable bonds is 4. The summed E-state index contributed by atoms with van der Waals surface area (Å²) >= 11 is 5.63. The van der Waals surface area contributed by atoms with Gasteiger partial charge in [-0.2, -0.15) is 0 Å². The van der Waals surface area contributed by atoms with E-state index in [4.69, 9.17) is 27.9 Å². The number of aliphatic carboxylic acids is 1. The largest absolute Gasteiger partial charge is 0.481 e. The van der Waals surface area contributed by atoms with Crippen LogP contribution in [0.15, 0.2) is 18.2 Å². The molecule has 0 aromatic heterocycles. The third kappa shape index (κ3) is 2.97. The number of Topliss-reactive ketones (excluding diaryl/α,β-unsaturated/α-hetero) is 1. The maximum absolute atomic E-state index is 12.1. The van der Waals surface area contributed by atoms with E-state index in [-0.39, 0.29) is 16.8 Å². The fraction of sp³-hybridized carbons (Fsp3) is 0.273. The van der Waals surface area contributed by atoms with Crippen molar-refractivity contribution in [1.82, 2.24) is 0 Å². The van der Waals surface area contributed by atoms with E-state index in [1.807, 2.05) is 0 Å². The van der Waals surface area contributed by atoms with E-state index >= 15 is 0 Å². The number of halogens is 1. The van der Waals surface area contributed by atoms with Crippen molar-refractivity contribution in [2.45, 2.75) is 13.3 Å². The van der Waals surface area contributed by atoms with Crippen LogP contribution in [-0.4, -0.2) is 16.9 Å². The molecular formula is C11H12ClNO3. The normalized spacial score (nSPS) is 16.6. The molecule has 1 aromatic carbocycles. The summed E-state index contributed by atoms with van der Waals surface area (Å²) in [4.78, 5) is 23.0. The molecule has 0 amide bonds. The van der Waals surface area contributed by atoms with Gasteiger partial charge in [0.15, 0.2) is 5.78 Å². The van der Waals surface area contributed by atoms with Gasteiger partial charge in [0.1, 0.15) is 0 Å². The quantitative estimate of drug-likeness (QED) is 0.630. The van der Waals surface area contributed by atoms with E-state index in [0.717, 1.165) is 13.0 Å². The van der Waals surface area contributed by atoms with E-state index in [1.165, 1.54) is 0 Å². The van der Waals surface area contributed by atoms with Crippen LogP contribution in [0.5, 0.6) is 0 Å². The highest BCUT2D eigenvalue weighted by molar-refractivity contribution is 6.31. The molecule has 5 heteroatoms. The molecular weight excluding hydrogens is 230 g/mol. The first-order valence-corrected chi connectivity index (χ1v) is 4.72. The number of hydrogen-bond acceptors (Lipinski definition) is 3. The van der Waals surface area contributed by atoms with E-state index in [9.17, 15) is 9.59 Å². The summed E-state index contributed by atoms with van der Waals surface area (Å²) in [6, 6.07) is 0.124. The summed E-state index contributed by atoms with van der Waals surface area (Å²) in [5.74, 6) is -4.27. The van der Waals surface area contributed by atoms with Crippen LogP contribution in [0.2, 0.25) is 5.02 Å². The summed E-state index contributed by atoms with van der Waals surface area (Å²) in [7, 11) is 0. The second kappa shape index (κ2) is 4.99. The molecule has 4 nitrogen and oxygen atoms in total. The Hall–Kier alpha value is -1.55. The molecule has 0 aliphatic rings. The minimum absolute atomic E-state index is 0.258. The molecule has 0 saturated heterocycles. The standard InChI is InChI=1S/C11H12ClNO3/c1-6(11(15)16)4-10(14)8-3-2-7(12)5-9(8)13/h2-3,5-6H,4,13H2,1H3,(H,15,16)/i2D,4D2,5D. The highest BCUT2D eigenvalue weighted by atomic mass is 35.5. The third-order valence-electron chi connectivity index (χ3n) is 1.84. The zero-order chi connectivity index (χ0) is 15.8. The molecule has 0 fully saturated rings. The Bertz CT molecular complexity index is 592. The van der Waals surface area contributed by atoms with Crippen molar-refractivity contribution in [3.05, 3.63) is 28.7 Å². The summed E-state index contributed by atoms with van der Waals surface area (Å²) in [6.07, 6.45) is -2.72. The molecule has 86 valence electrons. The Morgan fingerprint density at radius 2 is 2.38 bits per heavy atom. The van der Waals surface area contributed by atoms with E-state index in [0.29, 0.717) is 0 Å². The third-order valence-corrected chi connectivity index (χ3v) is 2.04. The SMILES string of the molecule is [2H]c1cc(C(=O)C([2H])([2H])C(C)C(=O)O)c(N)c([2H])c1Cl. The molecule has 3 N–H and O–H groups in total. The highest BCUT2D eigenvalue weighted by Gasteiger charge is 2.18. The Labute approximate surface area is 104 Å². The number of hydrogen-bond donors (Lipinski definition) is 2. The number of nitrogens with two attached hydrogens (primary N) is 1. The lowest BCUT2D eigenvalue weighted by Gasteiger charge is -2.07. The average molecular weight is 246 g/mol. The molecule has 1 rings (SSSR count). The first kappa shape index (κ1) is 7.68. The minimum atomic E-state index is -2.72. The number of ketones is 1. The second-order valence-corrected chi connectivity index (χ2v) is 3.47. The number of carbonyl (C=O) groups excluding carboxylic acids is 1. The van der Waals surface area contributed by atoms with Crippen molar-refractivity contribution in [3.8, 4) is 0 Å². The lowest BCUT2D eigenvalue weighted by Crippen LogP contribution is -2.15. The summed E-state index contributed by atoms with van der Waals surface area (Å²) in [5, 5.41) is 8.56. The number of anilines is 1. The van der Waals surface area contributed by atoms with Gasteiger partial charge in [-0.05, 0) is 18.2 Å². The number of nitrogen functional groups attached to an aromatic ring is 1. The fourth-order valence-electron chi connectivity index (χ4n) is 0.959. The Morgan fingerprint density at radius 1 is 1.75 bits per heavy atom. The molecule has 0 saturated carbocycles. The Morgan fingerprint density at radius 3 is 2.94 bits per heavy atom. The fourth-order valence-corrected chi connectivity index (χ4v) is 1.12. The van der Waals surface area contributed by atoms with Crippen LogP contribution < -0.4 is 5.73 Å². The monoisotopic (exact) mass is 245 g/mol. The van der Waals surface area contributed by atoms with Crippen LogP contribution in [0.4, 0.5) is 5.69 Å². The zero-order valence-corrected chi connectivity index (χ0v) is 9.13. The van der Waals surface area contributed by atoms with Crippen molar-refractivity contribution in [1.29, 1.82) is 0 Å². The van der Waals surface area contributed by atoms with Crippen LogP contribution in [0.3, 0.4) is 0 Å². The predicted octanol–water partition coefficient (Wildman–Crippen LogP) is 2.22. The maximum Gasteiger partial charge on any atom is 0.306 e. The summed E-state index contributed by atoms with van der Waals surface area (Å²) in [6.45, 7) is 1.05. The van der Waals surface area contributed by atoms with Crippen molar-refractivity contribution in [2.75, 3.05) is 5.73 Å². The van der Waals surface area contributed by atoms with Gasteiger partial charge in [0.05, 0.1) is 8.66 Å². The van der Waals surface area contributed by atoms with Crippen molar-refractivity contribution in [2.24, 2.45) is 5.92 Å². The first-order valence-electron chi connectivity index (χ1n) is 6.34. The topological polar surface area (TPSA) is 80.4 Å². The lowest BCUT2D eigenvalue weighted by molar-refractivity contribution is -0.141. The molecule has 0 aliphatic heterocycles. The van der Waals surface area contributed by atoms with Gasteiger partial charge >= 0.3 is 5.97 Å². The average Bonchev–Trinajstić information content (AvgIpc) is 2.38. The maximum atomic E-state index is 12.1. The van der Waals surface area contributed by atoms with Gasteiger partial charge in [0, 0.05) is 25.4 Å². The van der Waals surface area contributed by atoms with Gasteiger partial charge in [-0.3, -0.25) is 9.59 Å². The number of benzene rings is 1. The molecule has 1 atom stereocenters. The number of carboxylic acid groups (broad SMARTS) is 1. The van der Waals surface area contributed by atoms with Crippen LogP contribution in [0, 0.1) is 5.92 Å². The van der Waals surface area contributed by atoms with Gasteiger partial charge in [-0.15, -0.1) is 0 Å². The molecule has 1 aromatic rings. The molecule has 0 heterocycles. The van der Waals surface area contributed by atoms with E-state index < -0.39 is 35.6 Å². The van der Waals surface area contributed by atoms with E-state index in [1.54, 1.807) is 0 Å². The van der Waals surface area contributed by atoms with Gasteiger partial charge in [0.25, 0.3) is 0 Å². The van der Waals surface area contributed by atoms with Crippen molar-refractivity contribution < 1.29 is 20.2 Å². The van der Waals surface area contributed by atoms with Crippen molar-refractivity contribution >= 4 is 29.0 Å². The minimum Gasteiger partial charge on any atom is -0.481 e. The first-order chi connectivity index (χ1) is 9.01. The number of carboxylic acids is 1. The molecule has 0 spiro atoms. The van der Waals surface area contributed by atoms with Gasteiger partial charge in [-0.1, -0.05) is 18.5 Å². The molecule has 1 unspecified atom stereocenters. The molecule has 16 heavy (non-hydrogen) atoms. The summed E-state index contributed by atoms with van der Waals surface area (Å²) in [5.41, 5.74) is 4.74. The number of carbonyl (C=O) groups is 2.